The van der Waals surface area contributed by atoms with Crippen molar-refractivity contribution < 1.29 is 18.4 Å². The van der Waals surface area contributed by atoms with E-state index in [0.29, 0.717) is 10.6 Å². The molecular weight excluding hydrogens is 357 g/mol. The van der Waals surface area contributed by atoms with E-state index >= 15 is 0 Å². The fraction of sp³-hybridized carbons (Fsp3) is 0. The van der Waals surface area contributed by atoms with Crippen LogP contribution < -0.4 is 10.6 Å². The summed E-state index contributed by atoms with van der Waals surface area (Å²) in [5.41, 5.74) is 0.260. The Hall–Kier alpha value is -2.71. The summed E-state index contributed by atoms with van der Waals surface area (Å²) >= 11 is 6.91. The number of aromatic nitrogens is 1. The van der Waals surface area contributed by atoms with Crippen molar-refractivity contribution in [3.8, 4) is 0 Å². The Labute approximate surface area is 144 Å². The minimum Gasteiger partial charge on any atom is -0.431 e. The first-order valence-corrected chi connectivity index (χ1v) is 7.85. The summed E-state index contributed by atoms with van der Waals surface area (Å²) in [5, 5.41) is 6.59. The summed E-state index contributed by atoms with van der Waals surface area (Å²) in [7, 11) is 0. The van der Waals surface area contributed by atoms with Crippen molar-refractivity contribution >= 4 is 46.5 Å². The number of amides is 2. The second-order valence-corrected chi connectivity index (χ2v) is 5.91. The van der Waals surface area contributed by atoms with Gasteiger partial charge in [0.1, 0.15) is 12.1 Å². The Balaban J connectivity index is 1.67. The number of thiophene rings is 1. The predicted octanol–water partition coefficient (Wildman–Crippen LogP) is 4.03. The molecule has 0 atom stereocenters. The first-order chi connectivity index (χ1) is 11.5. The Morgan fingerprint density at radius 3 is 2.75 bits per heavy atom. The highest BCUT2D eigenvalue weighted by atomic mass is 35.5. The van der Waals surface area contributed by atoms with Crippen LogP contribution in [-0.2, 0) is 0 Å². The molecule has 0 aliphatic rings. The van der Waals surface area contributed by atoms with Gasteiger partial charge in [-0.05, 0) is 29.6 Å². The normalized spacial score (nSPS) is 10.4. The lowest BCUT2D eigenvalue weighted by Crippen LogP contribution is -2.14. The van der Waals surface area contributed by atoms with Crippen LogP contribution in [0.2, 0.25) is 5.02 Å². The molecule has 122 valence electrons. The fourth-order valence-corrected chi connectivity index (χ4v) is 2.57. The largest absolute Gasteiger partial charge is 0.431 e. The van der Waals surface area contributed by atoms with E-state index in [-0.39, 0.29) is 22.6 Å². The van der Waals surface area contributed by atoms with Gasteiger partial charge in [-0.1, -0.05) is 17.7 Å². The van der Waals surface area contributed by atoms with E-state index < -0.39 is 11.7 Å². The smallest absolute Gasteiger partial charge is 0.302 e. The number of oxazole rings is 1. The summed E-state index contributed by atoms with van der Waals surface area (Å²) in [6.07, 6.45) is 1.10. The number of carbonyl (C=O) groups is 2. The van der Waals surface area contributed by atoms with Crippen LogP contribution in [-0.4, -0.2) is 16.8 Å². The molecule has 0 radical (unpaired) electrons. The summed E-state index contributed by atoms with van der Waals surface area (Å²) in [6.45, 7) is 0. The predicted molar refractivity (Wildman–Crippen MR) is 88.1 cm³/mol. The van der Waals surface area contributed by atoms with Gasteiger partial charge in [0.25, 0.3) is 11.8 Å². The van der Waals surface area contributed by atoms with Crippen LogP contribution in [0, 0.1) is 5.82 Å². The minimum atomic E-state index is -0.588. The van der Waals surface area contributed by atoms with Gasteiger partial charge >= 0.3 is 6.01 Å². The van der Waals surface area contributed by atoms with Gasteiger partial charge < -0.3 is 9.73 Å². The number of anilines is 2. The lowest BCUT2D eigenvalue weighted by Gasteiger charge is -2.03. The number of carbonyl (C=O) groups excluding carboxylic acids is 2. The Morgan fingerprint density at radius 1 is 1.21 bits per heavy atom. The number of rotatable bonds is 4. The van der Waals surface area contributed by atoms with Crippen LogP contribution in [0.5, 0.6) is 0 Å². The van der Waals surface area contributed by atoms with Gasteiger partial charge in [0.05, 0.1) is 9.90 Å². The zero-order valence-electron chi connectivity index (χ0n) is 11.9. The number of benzene rings is 1. The van der Waals surface area contributed by atoms with Gasteiger partial charge in [0, 0.05) is 5.69 Å². The first kappa shape index (κ1) is 16.2. The summed E-state index contributed by atoms with van der Waals surface area (Å²) in [5.74, 6) is -1.56. The second-order valence-electron chi connectivity index (χ2n) is 4.55. The zero-order valence-corrected chi connectivity index (χ0v) is 13.5. The highest BCUT2D eigenvalue weighted by molar-refractivity contribution is 7.12. The average Bonchev–Trinajstić information content (AvgIpc) is 3.22. The molecular formula is C15H9ClFN3O3S. The number of nitrogens with one attached hydrogen (secondary N) is 2. The minimum absolute atomic E-state index is 0.0445. The Kier molecular flexibility index (Phi) is 4.59. The van der Waals surface area contributed by atoms with Crippen molar-refractivity contribution in [3.05, 3.63) is 63.4 Å². The van der Waals surface area contributed by atoms with Crippen molar-refractivity contribution in [2.24, 2.45) is 0 Å². The first-order valence-electron chi connectivity index (χ1n) is 6.60. The molecule has 2 N–H and O–H groups in total. The Bertz CT molecular complexity index is 895. The monoisotopic (exact) mass is 365 g/mol. The third-order valence-electron chi connectivity index (χ3n) is 2.88. The third-order valence-corrected chi connectivity index (χ3v) is 4.04. The van der Waals surface area contributed by atoms with Crippen LogP contribution in [0.15, 0.2) is 46.4 Å². The number of hydrogen-bond donors (Lipinski definition) is 2. The molecule has 3 rings (SSSR count). The SMILES string of the molecule is O=C(Nc1ccc(F)c(Cl)c1)c1coc(NC(=O)c2cccs2)n1. The van der Waals surface area contributed by atoms with E-state index in [4.69, 9.17) is 16.0 Å². The standard InChI is InChI=1S/C15H9ClFN3O3S/c16-9-6-8(3-4-10(9)17)18-13(21)11-7-23-15(19-11)20-14(22)12-2-1-5-24-12/h1-7H,(H,18,21)(H,19,20,22). The van der Waals surface area contributed by atoms with Gasteiger partial charge in [-0.25, -0.2) is 4.39 Å². The van der Waals surface area contributed by atoms with Crippen molar-refractivity contribution in [1.82, 2.24) is 4.98 Å². The molecule has 2 aromatic heterocycles. The molecule has 0 fully saturated rings. The van der Waals surface area contributed by atoms with E-state index in [1.54, 1.807) is 17.5 Å². The van der Waals surface area contributed by atoms with Gasteiger partial charge in [0.15, 0.2) is 5.69 Å². The molecule has 9 heteroatoms. The molecule has 0 bridgehead atoms. The molecule has 0 unspecified atom stereocenters. The zero-order chi connectivity index (χ0) is 17.1. The van der Waals surface area contributed by atoms with E-state index in [1.807, 2.05) is 0 Å². The van der Waals surface area contributed by atoms with Crippen molar-refractivity contribution in [3.63, 3.8) is 0 Å². The third kappa shape index (κ3) is 3.61. The molecule has 1 aromatic carbocycles. The van der Waals surface area contributed by atoms with Crippen molar-refractivity contribution in [1.29, 1.82) is 0 Å². The molecule has 2 amide bonds. The fourth-order valence-electron chi connectivity index (χ4n) is 1.77. The average molecular weight is 366 g/mol. The molecule has 0 saturated heterocycles. The van der Waals surface area contributed by atoms with Crippen LogP contribution in [0.1, 0.15) is 20.2 Å². The lowest BCUT2D eigenvalue weighted by molar-refractivity contribution is 0.101. The molecule has 0 aliphatic carbocycles. The van der Waals surface area contributed by atoms with E-state index in [0.717, 1.165) is 12.3 Å². The summed E-state index contributed by atoms with van der Waals surface area (Å²) in [4.78, 5) is 28.3. The van der Waals surface area contributed by atoms with Crippen LogP contribution in [0.4, 0.5) is 16.1 Å². The second kappa shape index (κ2) is 6.81. The maximum absolute atomic E-state index is 13.1. The van der Waals surface area contributed by atoms with E-state index in [2.05, 4.69) is 15.6 Å². The maximum Gasteiger partial charge on any atom is 0.302 e. The number of nitrogens with zero attached hydrogens (tertiary/aromatic N) is 1. The number of halogens is 2. The molecule has 24 heavy (non-hydrogen) atoms. The van der Waals surface area contributed by atoms with Gasteiger partial charge in [0.2, 0.25) is 0 Å². The lowest BCUT2D eigenvalue weighted by atomic mass is 10.3. The highest BCUT2D eigenvalue weighted by Crippen LogP contribution is 2.20. The summed E-state index contributed by atoms with van der Waals surface area (Å²) < 4.78 is 18.1. The van der Waals surface area contributed by atoms with E-state index in [9.17, 15) is 14.0 Å². The molecule has 0 spiro atoms. The van der Waals surface area contributed by atoms with Gasteiger partial charge in [-0.15, -0.1) is 11.3 Å². The van der Waals surface area contributed by atoms with Gasteiger partial charge in [-0.3, -0.25) is 14.9 Å². The number of hydrogen-bond acceptors (Lipinski definition) is 5. The van der Waals surface area contributed by atoms with E-state index in [1.165, 1.54) is 23.5 Å². The molecule has 3 aromatic rings. The highest BCUT2D eigenvalue weighted by Gasteiger charge is 2.16. The maximum atomic E-state index is 13.1. The summed E-state index contributed by atoms with van der Waals surface area (Å²) in [6, 6.07) is 7.05. The topological polar surface area (TPSA) is 84.2 Å². The van der Waals surface area contributed by atoms with Gasteiger partial charge in [-0.2, -0.15) is 4.98 Å². The quantitative estimate of drug-likeness (QED) is 0.731. The molecule has 2 heterocycles. The van der Waals surface area contributed by atoms with Crippen molar-refractivity contribution in [2.75, 3.05) is 10.6 Å². The van der Waals surface area contributed by atoms with Crippen LogP contribution >= 0.6 is 22.9 Å². The molecule has 0 aliphatic heterocycles. The molecule has 6 nitrogen and oxygen atoms in total. The molecule has 0 saturated carbocycles. The Morgan fingerprint density at radius 2 is 2.04 bits per heavy atom. The van der Waals surface area contributed by atoms with Crippen LogP contribution in [0.3, 0.4) is 0 Å². The van der Waals surface area contributed by atoms with Crippen molar-refractivity contribution in [2.45, 2.75) is 0 Å². The van der Waals surface area contributed by atoms with Crippen LogP contribution in [0.25, 0.3) is 0 Å².